The summed E-state index contributed by atoms with van der Waals surface area (Å²) in [5, 5.41) is 4.58. The van der Waals surface area contributed by atoms with E-state index in [1.54, 1.807) is 0 Å². The van der Waals surface area contributed by atoms with Gasteiger partial charge in [0, 0.05) is 11.1 Å². The van der Waals surface area contributed by atoms with Crippen LogP contribution in [0.2, 0.25) is 5.02 Å². The number of halogens is 1. The lowest BCUT2D eigenvalue weighted by Crippen LogP contribution is -2.32. The minimum absolute atomic E-state index is 0.240. The molecule has 1 aliphatic rings. The van der Waals surface area contributed by atoms with E-state index in [4.69, 9.17) is 11.6 Å². The molecule has 0 heterocycles. The molecular formula is C19H22ClN. The molecule has 0 aliphatic heterocycles. The quantitative estimate of drug-likeness (QED) is 0.855. The second-order valence-corrected chi connectivity index (χ2v) is 7.07. The molecule has 0 fully saturated rings. The largest absolute Gasteiger partial charge is 0.309 e. The summed E-state index contributed by atoms with van der Waals surface area (Å²) in [6.45, 7) is 5.66. The van der Waals surface area contributed by atoms with Crippen LogP contribution < -0.4 is 5.32 Å². The highest BCUT2D eigenvalue weighted by atomic mass is 35.5. The second kappa shape index (κ2) is 5.82. The molecule has 0 saturated carbocycles. The summed E-state index contributed by atoms with van der Waals surface area (Å²) in [6, 6.07) is 17.3. The molecule has 110 valence electrons. The van der Waals surface area contributed by atoms with Crippen LogP contribution in [0.1, 0.15) is 36.6 Å². The van der Waals surface area contributed by atoms with E-state index in [9.17, 15) is 0 Å². The lowest BCUT2D eigenvalue weighted by molar-refractivity contribution is 0.271. The van der Waals surface area contributed by atoms with Gasteiger partial charge in [-0.05, 0) is 53.6 Å². The van der Waals surface area contributed by atoms with E-state index in [-0.39, 0.29) is 5.41 Å². The Labute approximate surface area is 132 Å². The molecule has 2 aromatic carbocycles. The van der Waals surface area contributed by atoms with Crippen molar-refractivity contribution in [3.05, 3.63) is 70.2 Å². The molecule has 2 aromatic rings. The zero-order chi connectivity index (χ0) is 14.9. The normalized spacial score (nSPS) is 19.5. The first-order valence-electron chi connectivity index (χ1n) is 7.62. The van der Waals surface area contributed by atoms with Gasteiger partial charge in [0.15, 0.2) is 0 Å². The molecule has 0 radical (unpaired) electrons. The van der Waals surface area contributed by atoms with Gasteiger partial charge in [0.05, 0.1) is 0 Å². The summed E-state index contributed by atoms with van der Waals surface area (Å²) in [5.74, 6) is 0. The number of fused-ring (bicyclic) bond motifs is 1. The van der Waals surface area contributed by atoms with Crippen LogP contribution in [0.4, 0.5) is 0 Å². The molecule has 1 nitrogen and oxygen atoms in total. The Morgan fingerprint density at radius 2 is 1.90 bits per heavy atom. The van der Waals surface area contributed by atoms with Crippen LogP contribution in [0.5, 0.6) is 0 Å². The van der Waals surface area contributed by atoms with Crippen molar-refractivity contribution in [1.29, 1.82) is 0 Å². The van der Waals surface area contributed by atoms with Gasteiger partial charge in [0.25, 0.3) is 0 Å². The van der Waals surface area contributed by atoms with Gasteiger partial charge in [0.1, 0.15) is 0 Å². The summed E-state index contributed by atoms with van der Waals surface area (Å²) in [5.41, 5.74) is 4.43. The maximum absolute atomic E-state index is 6.18. The maximum Gasteiger partial charge on any atom is 0.0409 e. The lowest BCUT2D eigenvalue weighted by atomic mass is 9.85. The van der Waals surface area contributed by atoms with Crippen molar-refractivity contribution >= 4 is 11.6 Å². The van der Waals surface area contributed by atoms with Crippen LogP contribution in [0, 0.1) is 5.41 Å². The SMILES string of the molecule is CC1(C)Cc2ccc(Cl)cc2C1NCCc1ccccc1. The number of benzene rings is 2. The van der Waals surface area contributed by atoms with E-state index in [1.165, 1.54) is 16.7 Å². The molecule has 0 saturated heterocycles. The minimum atomic E-state index is 0.240. The standard InChI is InChI=1S/C19H22ClN/c1-19(2)13-15-8-9-16(20)12-17(15)18(19)21-11-10-14-6-4-3-5-7-14/h3-9,12,18,21H,10-11,13H2,1-2H3. The fourth-order valence-corrected chi connectivity index (χ4v) is 3.58. The van der Waals surface area contributed by atoms with Gasteiger partial charge in [-0.3, -0.25) is 0 Å². The highest BCUT2D eigenvalue weighted by Gasteiger charge is 2.38. The highest BCUT2D eigenvalue weighted by molar-refractivity contribution is 6.30. The predicted octanol–water partition coefficient (Wildman–Crippen LogP) is 4.80. The van der Waals surface area contributed by atoms with E-state index in [2.05, 4.69) is 61.6 Å². The first-order chi connectivity index (χ1) is 10.1. The van der Waals surface area contributed by atoms with Crippen LogP contribution in [0.15, 0.2) is 48.5 Å². The maximum atomic E-state index is 6.18. The Balaban J connectivity index is 1.71. The van der Waals surface area contributed by atoms with Gasteiger partial charge in [0.2, 0.25) is 0 Å². The number of nitrogens with one attached hydrogen (secondary N) is 1. The molecule has 0 amide bonds. The van der Waals surface area contributed by atoms with E-state index in [0.717, 1.165) is 24.4 Å². The zero-order valence-electron chi connectivity index (χ0n) is 12.7. The molecule has 3 rings (SSSR count). The second-order valence-electron chi connectivity index (χ2n) is 6.63. The molecule has 21 heavy (non-hydrogen) atoms. The van der Waals surface area contributed by atoms with Crippen molar-refractivity contribution in [2.75, 3.05) is 6.54 Å². The van der Waals surface area contributed by atoms with Crippen LogP contribution in [-0.2, 0) is 12.8 Å². The number of hydrogen-bond acceptors (Lipinski definition) is 1. The van der Waals surface area contributed by atoms with Crippen molar-refractivity contribution in [2.24, 2.45) is 5.41 Å². The Bertz CT molecular complexity index is 619. The van der Waals surface area contributed by atoms with Crippen LogP contribution in [-0.4, -0.2) is 6.54 Å². The van der Waals surface area contributed by atoms with Crippen molar-refractivity contribution in [2.45, 2.75) is 32.7 Å². The van der Waals surface area contributed by atoms with E-state index < -0.39 is 0 Å². The number of rotatable bonds is 4. The molecule has 0 bridgehead atoms. The van der Waals surface area contributed by atoms with Gasteiger partial charge in [-0.2, -0.15) is 0 Å². The summed E-state index contributed by atoms with van der Waals surface area (Å²) in [4.78, 5) is 0. The topological polar surface area (TPSA) is 12.0 Å². The fraction of sp³-hybridized carbons (Fsp3) is 0.368. The van der Waals surface area contributed by atoms with E-state index >= 15 is 0 Å². The van der Waals surface area contributed by atoms with Crippen LogP contribution >= 0.6 is 11.6 Å². The number of hydrogen-bond donors (Lipinski definition) is 1. The van der Waals surface area contributed by atoms with Crippen LogP contribution in [0.3, 0.4) is 0 Å². The van der Waals surface area contributed by atoms with Crippen LogP contribution in [0.25, 0.3) is 0 Å². The van der Waals surface area contributed by atoms with Crippen molar-refractivity contribution < 1.29 is 0 Å². The predicted molar refractivity (Wildman–Crippen MR) is 89.8 cm³/mol. The van der Waals surface area contributed by atoms with Gasteiger partial charge in [-0.25, -0.2) is 0 Å². The Morgan fingerprint density at radius 1 is 1.14 bits per heavy atom. The molecule has 1 aliphatic carbocycles. The Kier molecular flexibility index (Phi) is 4.05. The first-order valence-corrected chi connectivity index (χ1v) is 8.00. The lowest BCUT2D eigenvalue weighted by Gasteiger charge is -2.29. The van der Waals surface area contributed by atoms with Gasteiger partial charge in [-0.1, -0.05) is 61.8 Å². The average molecular weight is 300 g/mol. The first kappa shape index (κ1) is 14.6. The minimum Gasteiger partial charge on any atom is -0.309 e. The van der Waals surface area contributed by atoms with Crippen molar-refractivity contribution in [3.63, 3.8) is 0 Å². The summed E-state index contributed by atoms with van der Waals surface area (Å²) < 4.78 is 0. The Morgan fingerprint density at radius 3 is 2.67 bits per heavy atom. The van der Waals surface area contributed by atoms with E-state index in [1.807, 2.05) is 6.07 Å². The molecular weight excluding hydrogens is 278 g/mol. The van der Waals surface area contributed by atoms with Crippen molar-refractivity contribution in [3.8, 4) is 0 Å². The summed E-state index contributed by atoms with van der Waals surface area (Å²) in [6.07, 6.45) is 2.17. The molecule has 1 N–H and O–H groups in total. The van der Waals surface area contributed by atoms with Gasteiger partial charge >= 0.3 is 0 Å². The molecule has 0 spiro atoms. The van der Waals surface area contributed by atoms with Gasteiger partial charge in [-0.15, -0.1) is 0 Å². The Hall–Kier alpha value is -1.31. The zero-order valence-corrected chi connectivity index (χ0v) is 13.5. The molecule has 2 heteroatoms. The van der Waals surface area contributed by atoms with Crippen molar-refractivity contribution in [1.82, 2.24) is 5.32 Å². The highest BCUT2D eigenvalue weighted by Crippen LogP contribution is 2.45. The van der Waals surface area contributed by atoms with E-state index in [0.29, 0.717) is 6.04 Å². The third-order valence-corrected chi connectivity index (χ3v) is 4.69. The molecule has 0 aromatic heterocycles. The smallest absolute Gasteiger partial charge is 0.0409 e. The van der Waals surface area contributed by atoms with Gasteiger partial charge < -0.3 is 5.32 Å². The third-order valence-electron chi connectivity index (χ3n) is 4.45. The third kappa shape index (κ3) is 3.14. The summed E-state index contributed by atoms with van der Waals surface area (Å²) >= 11 is 6.18. The average Bonchev–Trinajstić information content (AvgIpc) is 2.71. The summed E-state index contributed by atoms with van der Waals surface area (Å²) in [7, 11) is 0. The molecule has 1 atom stereocenters. The fourth-order valence-electron chi connectivity index (χ4n) is 3.40. The molecule has 1 unspecified atom stereocenters. The monoisotopic (exact) mass is 299 g/mol.